The van der Waals surface area contributed by atoms with E-state index in [1.807, 2.05) is 30.1 Å². The molecule has 4 rings (SSSR count). The van der Waals surface area contributed by atoms with Gasteiger partial charge in [0.15, 0.2) is 0 Å². The molecule has 0 aromatic heterocycles. The quantitative estimate of drug-likeness (QED) is 0.921. The van der Waals surface area contributed by atoms with Crippen molar-refractivity contribution in [3.8, 4) is 0 Å². The van der Waals surface area contributed by atoms with Gasteiger partial charge >= 0.3 is 0 Å². The molecule has 0 bridgehead atoms. The Balaban J connectivity index is 1.68. The van der Waals surface area contributed by atoms with Gasteiger partial charge in [-0.25, -0.2) is 0 Å². The van der Waals surface area contributed by atoms with Crippen molar-refractivity contribution in [2.45, 2.75) is 24.9 Å². The number of aryl methyl sites for hydroxylation is 1. The minimum Gasteiger partial charge on any atom is -0.340 e. The van der Waals surface area contributed by atoms with Crippen molar-refractivity contribution in [3.63, 3.8) is 0 Å². The molecule has 1 amide bonds. The number of hydrogen-bond acceptors (Lipinski definition) is 3. The summed E-state index contributed by atoms with van der Waals surface area (Å²) in [5.41, 5.74) is 3.20. The maximum atomic E-state index is 13.8. The van der Waals surface area contributed by atoms with E-state index in [2.05, 4.69) is 46.6 Å². The Hall–Kier alpha value is -2.17. The predicted molar refractivity (Wildman–Crippen MR) is 104 cm³/mol. The highest BCUT2D eigenvalue weighted by Gasteiger charge is 2.50. The van der Waals surface area contributed by atoms with Gasteiger partial charge in [0.05, 0.1) is 0 Å². The summed E-state index contributed by atoms with van der Waals surface area (Å²) in [6.45, 7) is 4.37. The Kier molecular flexibility index (Phi) is 4.79. The number of piperazine rings is 1. The summed E-state index contributed by atoms with van der Waals surface area (Å²) in [7, 11) is 1.94. The van der Waals surface area contributed by atoms with Crippen LogP contribution >= 0.6 is 0 Å². The molecular formula is C22H27N3O. The van der Waals surface area contributed by atoms with Gasteiger partial charge in [-0.2, -0.15) is 0 Å². The van der Waals surface area contributed by atoms with Crippen molar-refractivity contribution in [2.24, 2.45) is 0 Å². The fraction of sp³-hybridized carbons (Fsp3) is 0.409. The second-order valence-corrected chi connectivity index (χ2v) is 7.40. The van der Waals surface area contributed by atoms with E-state index >= 15 is 0 Å². The summed E-state index contributed by atoms with van der Waals surface area (Å²) >= 11 is 0. The van der Waals surface area contributed by atoms with Crippen molar-refractivity contribution in [1.82, 2.24) is 15.1 Å². The molecule has 4 nitrogen and oxygen atoms in total. The average molecular weight is 349 g/mol. The van der Waals surface area contributed by atoms with E-state index in [1.165, 1.54) is 16.7 Å². The molecule has 1 heterocycles. The van der Waals surface area contributed by atoms with Gasteiger partial charge in [-0.15, -0.1) is 0 Å². The SMILES string of the molecule is CN(Cc1ccccc1)C(=O)C1(N2CCNCC2)CCc2ccccc21. The Morgan fingerprint density at radius 2 is 1.77 bits per heavy atom. The average Bonchev–Trinajstić information content (AvgIpc) is 3.09. The third kappa shape index (κ3) is 2.93. The van der Waals surface area contributed by atoms with E-state index in [-0.39, 0.29) is 5.91 Å². The van der Waals surface area contributed by atoms with Crippen LogP contribution in [0, 0.1) is 0 Å². The van der Waals surface area contributed by atoms with Gasteiger partial charge in [0.2, 0.25) is 5.91 Å². The largest absolute Gasteiger partial charge is 0.340 e. The summed E-state index contributed by atoms with van der Waals surface area (Å²) in [4.78, 5) is 18.1. The minimum atomic E-state index is -0.512. The summed E-state index contributed by atoms with van der Waals surface area (Å²) in [5.74, 6) is 0.230. The van der Waals surface area contributed by atoms with Gasteiger partial charge in [-0.05, 0) is 29.5 Å². The smallest absolute Gasteiger partial charge is 0.247 e. The first-order valence-corrected chi connectivity index (χ1v) is 9.55. The van der Waals surface area contributed by atoms with E-state index < -0.39 is 5.54 Å². The van der Waals surface area contributed by atoms with E-state index in [4.69, 9.17) is 0 Å². The van der Waals surface area contributed by atoms with Crippen LogP contribution in [0.15, 0.2) is 54.6 Å². The van der Waals surface area contributed by atoms with Gasteiger partial charge < -0.3 is 10.2 Å². The van der Waals surface area contributed by atoms with Crippen LogP contribution in [-0.4, -0.2) is 48.9 Å². The number of carbonyl (C=O) groups excluding carboxylic acids is 1. The van der Waals surface area contributed by atoms with Crippen LogP contribution in [0.1, 0.15) is 23.1 Å². The van der Waals surface area contributed by atoms with Crippen LogP contribution in [0.2, 0.25) is 0 Å². The number of carbonyl (C=O) groups is 1. The molecule has 1 saturated heterocycles. The van der Waals surface area contributed by atoms with Crippen molar-refractivity contribution in [2.75, 3.05) is 33.2 Å². The lowest BCUT2D eigenvalue weighted by Crippen LogP contribution is -2.60. The fourth-order valence-corrected chi connectivity index (χ4v) is 4.57. The predicted octanol–water partition coefficient (Wildman–Crippen LogP) is 2.39. The second-order valence-electron chi connectivity index (χ2n) is 7.40. The molecule has 1 aliphatic carbocycles. The zero-order valence-corrected chi connectivity index (χ0v) is 15.4. The van der Waals surface area contributed by atoms with Crippen molar-refractivity contribution in [1.29, 1.82) is 0 Å². The highest BCUT2D eigenvalue weighted by molar-refractivity contribution is 5.89. The second kappa shape index (κ2) is 7.22. The lowest BCUT2D eigenvalue weighted by atomic mass is 9.87. The molecule has 0 spiro atoms. The maximum Gasteiger partial charge on any atom is 0.247 e. The molecule has 0 saturated carbocycles. The molecule has 1 aliphatic heterocycles. The Labute approximate surface area is 155 Å². The molecule has 1 N–H and O–H groups in total. The number of nitrogens with one attached hydrogen (secondary N) is 1. The monoisotopic (exact) mass is 349 g/mol. The molecule has 1 atom stereocenters. The van der Waals surface area contributed by atoms with Crippen LogP contribution < -0.4 is 5.32 Å². The third-order valence-corrected chi connectivity index (χ3v) is 5.84. The molecule has 2 aromatic rings. The number of nitrogens with zero attached hydrogens (tertiary/aromatic N) is 2. The number of amides is 1. The van der Waals surface area contributed by atoms with Crippen molar-refractivity contribution in [3.05, 3.63) is 71.3 Å². The molecule has 1 fully saturated rings. The van der Waals surface area contributed by atoms with Crippen LogP contribution in [0.5, 0.6) is 0 Å². The Morgan fingerprint density at radius 1 is 1.08 bits per heavy atom. The van der Waals surface area contributed by atoms with Crippen LogP contribution in [0.3, 0.4) is 0 Å². The Bertz CT molecular complexity index is 770. The first-order valence-electron chi connectivity index (χ1n) is 9.55. The van der Waals surface area contributed by atoms with Crippen LogP contribution in [0.25, 0.3) is 0 Å². The van der Waals surface area contributed by atoms with Crippen LogP contribution in [-0.2, 0) is 23.3 Å². The first kappa shape index (κ1) is 17.3. The highest BCUT2D eigenvalue weighted by atomic mass is 16.2. The zero-order chi connectivity index (χ0) is 18.0. The first-order chi connectivity index (χ1) is 12.7. The molecular weight excluding hydrogens is 322 g/mol. The summed E-state index contributed by atoms with van der Waals surface area (Å²) in [6.07, 6.45) is 1.86. The standard InChI is InChI=1S/C22H27N3O/c1-24(17-18-7-3-2-4-8-18)21(26)22(25-15-13-23-14-16-25)12-11-19-9-5-6-10-20(19)22/h2-10,23H,11-17H2,1H3. The molecule has 4 heteroatoms. The lowest BCUT2D eigenvalue weighted by Gasteiger charge is -2.44. The number of benzene rings is 2. The lowest BCUT2D eigenvalue weighted by molar-refractivity contribution is -0.145. The van der Waals surface area contributed by atoms with E-state index in [9.17, 15) is 4.79 Å². The normalized spacial score (nSPS) is 22.8. The Morgan fingerprint density at radius 3 is 2.54 bits per heavy atom. The van der Waals surface area contributed by atoms with Crippen LogP contribution in [0.4, 0.5) is 0 Å². The fourth-order valence-electron chi connectivity index (χ4n) is 4.57. The van der Waals surface area contributed by atoms with Gasteiger partial charge in [0.25, 0.3) is 0 Å². The topological polar surface area (TPSA) is 35.6 Å². The number of fused-ring (bicyclic) bond motifs is 1. The number of hydrogen-bond donors (Lipinski definition) is 1. The molecule has 2 aliphatic rings. The number of likely N-dealkylation sites (N-methyl/N-ethyl adjacent to an activating group) is 1. The maximum absolute atomic E-state index is 13.8. The van der Waals surface area contributed by atoms with E-state index in [1.54, 1.807) is 0 Å². The van der Waals surface area contributed by atoms with Gasteiger partial charge in [-0.1, -0.05) is 54.6 Å². The number of rotatable bonds is 4. The van der Waals surface area contributed by atoms with E-state index in [0.29, 0.717) is 6.54 Å². The van der Waals surface area contributed by atoms with Crippen molar-refractivity contribution >= 4 is 5.91 Å². The molecule has 0 radical (unpaired) electrons. The van der Waals surface area contributed by atoms with Gasteiger partial charge in [-0.3, -0.25) is 9.69 Å². The minimum absolute atomic E-state index is 0.230. The molecule has 136 valence electrons. The summed E-state index contributed by atoms with van der Waals surface area (Å²) < 4.78 is 0. The zero-order valence-electron chi connectivity index (χ0n) is 15.4. The van der Waals surface area contributed by atoms with Crippen molar-refractivity contribution < 1.29 is 4.79 Å². The summed E-state index contributed by atoms with van der Waals surface area (Å²) in [6, 6.07) is 18.8. The summed E-state index contributed by atoms with van der Waals surface area (Å²) in [5, 5.41) is 3.42. The van der Waals surface area contributed by atoms with Gasteiger partial charge in [0, 0.05) is 39.8 Å². The third-order valence-electron chi connectivity index (χ3n) is 5.84. The highest BCUT2D eigenvalue weighted by Crippen LogP contribution is 2.43. The van der Waals surface area contributed by atoms with E-state index in [0.717, 1.165) is 39.0 Å². The molecule has 1 unspecified atom stereocenters. The molecule has 26 heavy (non-hydrogen) atoms. The van der Waals surface area contributed by atoms with Gasteiger partial charge in [0.1, 0.15) is 5.54 Å². The molecule has 2 aromatic carbocycles.